The molecule has 0 spiro atoms. The number of hydrogen-bond donors (Lipinski definition) is 4. The lowest BCUT2D eigenvalue weighted by atomic mass is 10.00. The summed E-state index contributed by atoms with van der Waals surface area (Å²) >= 11 is 0. The Labute approximate surface area is 420 Å². The number of hydrogen-bond acceptors (Lipinski definition) is 10. The molecule has 4 N–H and O–H groups in total. The smallest absolute Gasteiger partial charge is 0.225 e. The van der Waals surface area contributed by atoms with E-state index in [2.05, 4.69) is 110 Å². The fraction of sp³-hybridized carbons (Fsp3) is 0.322. The Bertz CT molecular complexity index is 2570. The highest BCUT2D eigenvalue weighted by molar-refractivity contribution is 5.90. The monoisotopic (exact) mass is 952 g/mol. The third-order valence-corrected chi connectivity index (χ3v) is 12.3. The molecule has 0 bridgehead atoms. The summed E-state index contributed by atoms with van der Waals surface area (Å²) in [5.41, 5.74) is 9.60. The summed E-state index contributed by atoms with van der Waals surface area (Å²) in [6.07, 6.45) is 11.0. The molecule has 71 heavy (non-hydrogen) atoms. The molecule has 4 aromatic heterocycles. The highest BCUT2D eigenvalue weighted by Gasteiger charge is 2.20. The molecule has 0 aliphatic heterocycles. The average Bonchev–Trinajstić information content (AvgIpc) is 3.38. The van der Waals surface area contributed by atoms with Crippen LogP contribution in [0.25, 0.3) is 11.1 Å². The summed E-state index contributed by atoms with van der Waals surface area (Å²) in [7, 11) is 0. The lowest BCUT2D eigenvalue weighted by Gasteiger charge is -2.26. The molecule has 0 radical (unpaired) electrons. The van der Waals surface area contributed by atoms with E-state index in [-0.39, 0.29) is 17.6 Å². The summed E-state index contributed by atoms with van der Waals surface area (Å²) in [5, 5.41) is 22.1. The molecule has 12 heteroatoms. The summed E-state index contributed by atoms with van der Waals surface area (Å²) in [6.45, 7) is 8.40. The van der Waals surface area contributed by atoms with Gasteiger partial charge >= 0.3 is 0 Å². The van der Waals surface area contributed by atoms with E-state index in [0.717, 1.165) is 97.5 Å². The highest BCUT2D eigenvalue weighted by atomic mass is 16.3. The van der Waals surface area contributed by atoms with Gasteiger partial charge < -0.3 is 21.1 Å². The first-order valence-corrected chi connectivity index (χ1v) is 25.2. The summed E-state index contributed by atoms with van der Waals surface area (Å²) in [4.78, 5) is 49.1. The lowest BCUT2D eigenvalue weighted by Crippen LogP contribution is -2.26. The van der Waals surface area contributed by atoms with E-state index in [0.29, 0.717) is 63.7 Å². The molecular weight excluding hydrogens is 883 g/mol. The van der Waals surface area contributed by atoms with Gasteiger partial charge in [0, 0.05) is 82.2 Å². The Balaban J connectivity index is 1.16. The molecule has 0 saturated carbocycles. The third-order valence-electron chi connectivity index (χ3n) is 12.3. The van der Waals surface area contributed by atoms with Crippen molar-refractivity contribution in [3.63, 3.8) is 0 Å². The van der Waals surface area contributed by atoms with Gasteiger partial charge in [0.25, 0.3) is 0 Å². The molecule has 7 rings (SSSR count). The van der Waals surface area contributed by atoms with Crippen LogP contribution in [0.1, 0.15) is 110 Å². The second-order valence-corrected chi connectivity index (χ2v) is 18.2. The fourth-order valence-corrected chi connectivity index (χ4v) is 8.60. The molecule has 0 aliphatic carbocycles. The zero-order valence-corrected chi connectivity index (χ0v) is 41.4. The first-order valence-electron chi connectivity index (χ1n) is 25.2. The molecule has 3 aromatic carbocycles. The maximum absolute atomic E-state index is 12.8. The number of nitrogens with zero attached hydrogens (tertiary/aromatic N) is 6. The van der Waals surface area contributed by atoms with Crippen molar-refractivity contribution in [1.29, 1.82) is 0 Å². The SMILES string of the molecule is CCCCCC(=O)Nc1cccc(CN(Cc2ccccn2)Cc2cc(CCNCc3ccc(-c4ccccc4)cc3)cc(CN(Cc3ccccn3)Cc3cccc(NC(=O)CCCCC)n3)c2O)n1. The van der Waals surface area contributed by atoms with E-state index < -0.39 is 0 Å². The number of benzene rings is 3. The van der Waals surface area contributed by atoms with Crippen LogP contribution < -0.4 is 16.0 Å². The molecule has 0 fully saturated rings. The van der Waals surface area contributed by atoms with Crippen molar-refractivity contribution in [1.82, 2.24) is 35.1 Å². The van der Waals surface area contributed by atoms with Crippen molar-refractivity contribution in [3.8, 4) is 16.9 Å². The fourth-order valence-electron chi connectivity index (χ4n) is 8.60. The van der Waals surface area contributed by atoms with Crippen molar-refractivity contribution >= 4 is 23.5 Å². The normalized spacial score (nSPS) is 11.3. The van der Waals surface area contributed by atoms with E-state index in [4.69, 9.17) is 9.97 Å². The molecule has 7 aromatic rings. The number of phenols is 1. The number of aromatic hydroxyl groups is 1. The highest BCUT2D eigenvalue weighted by Crippen LogP contribution is 2.30. The number of nitrogens with one attached hydrogen (secondary N) is 3. The second-order valence-electron chi connectivity index (χ2n) is 18.2. The minimum absolute atomic E-state index is 0.0386. The first-order chi connectivity index (χ1) is 34.8. The number of anilines is 2. The van der Waals surface area contributed by atoms with Gasteiger partial charge in [-0.25, -0.2) is 9.97 Å². The van der Waals surface area contributed by atoms with Crippen LogP contribution in [-0.4, -0.2) is 53.2 Å². The van der Waals surface area contributed by atoms with Crippen molar-refractivity contribution in [2.75, 3.05) is 17.2 Å². The summed E-state index contributed by atoms with van der Waals surface area (Å²) in [5.74, 6) is 1.19. The number of aromatic nitrogens is 4. The minimum atomic E-state index is -0.0386. The van der Waals surface area contributed by atoms with Gasteiger partial charge in [-0.2, -0.15) is 0 Å². The van der Waals surface area contributed by atoms with Crippen molar-refractivity contribution < 1.29 is 14.7 Å². The molecule has 4 heterocycles. The third kappa shape index (κ3) is 17.4. The summed E-state index contributed by atoms with van der Waals surface area (Å²) in [6, 6.07) is 46.6. The van der Waals surface area contributed by atoms with E-state index in [1.54, 1.807) is 12.4 Å². The van der Waals surface area contributed by atoms with Gasteiger partial charge in [0.1, 0.15) is 17.4 Å². The van der Waals surface area contributed by atoms with Crippen LogP contribution in [0, 0.1) is 0 Å². The van der Waals surface area contributed by atoms with E-state index in [1.807, 2.05) is 78.9 Å². The van der Waals surface area contributed by atoms with Crippen molar-refractivity contribution in [2.45, 2.75) is 117 Å². The van der Waals surface area contributed by atoms with Crippen LogP contribution >= 0.6 is 0 Å². The van der Waals surface area contributed by atoms with Crippen LogP contribution in [0.3, 0.4) is 0 Å². The molecule has 0 aliphatic rings. The van der Waals surface area contributed by atoms with Crippen LogP contribution in [0.4, 0.5) is 11.6 Å². The number of carbonyl (C=O) groups excluding carboxylic acids is 2. The lowest BCUT2D eigenvalue weighted by molar-refractivity contribution is -0.117. The molecule has 0 unspecified atom stereocenters. The van der Waals surface area contributed by atoms with Gasteiger partial charge in [0.2, 0.25) is 11.8 Å². The van der Waals surface area contributed by atoms with Crippen molar-refractivity contribution in [2.24, 2.45) is 0 Å². The largest absolute Gasteiger partial charge is 0.507 e. The predicted molar refractivity (Wildman–Crippen MR) is 284 cm³/mol. The van der Waals surface area contributed by atoms with Crippen LogP contribution in [0.15, 0.2) is 152 Å². The summed E-state index contributed by atoms with van der Waals surface area (Å²) < 4.78 is 0. The van der Waals surface area contributed by atoms with Crippen molar-refractivity contribution in [3.05, 3.63) is 197 Å². The molecule has 2 amide bonds. The molecule has 0 atom stereocenters. The molecule has 12 nitrogen and oxygen atoms in total. The number of phenolic OH excluding ortho intramolecular Hbond substituents is 1. The topological polar surface area (TPSA) is 148 Å². The second kappa shape index (κ2) is 27.9. The molecular formula is C59H69N9O3. The number of pyridine rings is 4. The maximum Gasteiger partial charge on any atom is 0.225 e. The van der Waals surface area contributed by atoms with Gasteiger partial charge in [0.15, 0.2) is 0 Å². The Morgan fingerprint density at radius 3 is 1.48 bits per heavy atom. The molecule has 368 valence electrons. The standard InChI is InChI=1S/C59H69N9O3/c1-3-5-8-26-57(69)65-55-24-16-22-53(63-55)43-67(41-51-20-12-14-33-61-51)39-49-36-46(32-35-60-38-45-28-30-48(31-29-45)47-18-10-7-11-19-47)37-50(59(49)71)40-68(42-52-21-13-15-34-62-52)44-54-23-17-25-56(64-54)66-58(70)27-9-6-4-2/h7,10-25,28-31,33-34,36-37,60,71H,3-6,8-9,26-27,32,35,38-44H2,1-2H3,(H,63,65,69)(H,64,66,70). The van der Waals surface area contributed by atoms with Gasteiger partial charge in [-0.05, 0) is 96.6 Å². The van der Waals surface area contributed by atoms with Gasteiger partial charge in [-0.15, -0.1) is 0 Å². The van der Waals surface area contributed by atoms with Gasteiger partial charge in [-0.3, -0.25) is 29.4 Å². The number of amides is 2. The maximum atomic E-state index is 12.8. The number of unbranched alkanes of at least 4 members (excludes halogenated alkanes) is 4. The number of carbonyl (C=O) groups is 2. The quantitative estimate of drug-likeness (QED) is 0.0350. The van der Waals surface area contributed by atoms with E-state index >= 15 is 0 Å². The molecule has 0 saturated heterocycles. The van der Waals surface area contributed by atoms with E-state index in [1.165, 1.54) is 16.7 Å². The predicted octanol–water partition coefficient (Wildman–Crippen LogP) is 11.4. The van der Waals surface area contributed by atoms with Crippen LogP contribution in [0.2, 0.25) is 0 Å². The average molecular weight is 952 g/mol. The Morgan fingerprint density at radius 1 is 0.507 bits per heavy atom. The Morgan fingerprint density at radius 2 is 0.986 bits per heavy atom. The zero-order valence-electron chi connectivity index (χ0n) is 41.4. The van der Waals surface area contributed by atoms with Crippen LogP contribution in [0.5, 0.6) is 5.75 Å². The van der Waals surface area contributed by atoms with Gasteiger partial charge in [0.05, 0.1) is 22.8 Å². The van der Waals surface area contributed by atoms with Crippen LogP contribution in [-0.2, 0) is 61.8 Å². The zero-order chi connectivity index (χ0) is 49.5. The first kappa shape index (κ1) is 51.7. The Kier molecular flexibility index (Phi) is 20.3. The van der Waals surface area contributed by atoms with E-state index in [9.17, 15) is 14.7 Å². The van der Waals surface area contributed by atoms with Gasteiger partial charge in [-0.1, -0.05) is 131 Å². The minimum Gasteiger partial charge on any atom is -0.507 e. The Hall–Kier alpha value is -7.12. The number of rotatable bonds is 28.